The van der Waals surface area contributed by atoms with Crippen LogP contribution in [0.25, 0.3) is 0 Å². The molecule has 2 rings (SSSR count). The number of nitrogens with one attached hydrogen (secondary N) is 1. The van der Waals surface area contributed by atoms with Crippen LogP contribution >= 0.6 is 0 Å². The van der Waals surface area contributed by atoms with Gasteiger partial charge in [0, 0.05) is 25.2 Å². The average molecular weight is 339 g/mol. The molecular weight excluding hydrogens is 306 g/mol. The predicted octanol–water partition coefficient (Wildman–Crippen LogP) is 2.41. The summed E-state index contributed by atoms with van der Waals surface area (Å²) in [6, 6.07) is 0.115. The van der Waals surface area contributed by atoms with Crippen LogP contribution in [0.1, 0.15) is 65.2 Å². The molecule has 2 fully saturated rings. The van der Waals surface area contributed by atoms with Gasteiger partial charge >= 0.3 is 6.09 Å². The fourth-order valence-corrected chi connectivity index (χ4v) is 3.63. The maximum Gasteiger partial charge on any atom is 0.410 e. The van der Waals surface area contributed by atoms with E-state index in [1.165, 1.54) is 12.8 Å². The van der Waals surface area contributed by atoms with Gasteiger partial charge in [0.15, 0.2) is 0 Å². The molecule has 24 heavy (non-hydrogen) atoms. The number of amides is 2. The van der Waals surface area contributed by atoms with Crippen molar-refractivity contribution in [3.05, 3.63) is 0 Å². The molecular formula is C18H33N3O3. The summed E-state index contributed by atoms with van der Waals surface area (Å²) in [4.78, 5) is 26.2. The summed E-state index contributed by atoms with van der Waals surface area (Å²) < 4.78 is 5.22. The standard InChI is InChI=1S/C18H33N3O3/c1-13(2)24-18(23)21-11-9-14(10-12-21)20-17(22)15-7-5-3-4-6-8-16(15)19/h13-16H,3-12,19H2,1-2H3,(H,20,22). The summed E-state index contributed by atoms with van der Waals surface area (Å²) in [5.74, 6) is 0.0434. The van der Waals surface area contributed by atoms with Crippen molar-refractivity contribution in [2.45, 2.75) is 83.4 Å². The van der Waals surface area contributed by atoms with E-state index in [2.05, 4.69) is 5.32 Å². The second kappa shape index (κ2) is 9.25. The van der Waals surface area contributed by atoms with Crippen molar-refractivity contribution in [3.8, 4) is 0 Å². The zero-order chi connectivity index (χ0) is 17.5. The number of hydrogen-bond donors (Lipinski definition) is 2. The Kier molecular flexibility index (Phi) is 7.34. The Balaban J connectivity index is 1.78. The molecule has 0 spiro atoms. The quantitative estimate of drug-likeness (QED) is 0.827. The molecule has 0 aromatic rings. The Hall–Kier alpha value is -1.30. The van der Waals surface area contributed by atoms with Crippen LogP contribution in [0.5, 0.6) is 0 Å². The summed E-state index contributed by atoms with van der Waals surface area (Å²) in [5.41, 5.74) is 6.23. The monoisotopic (exact) mass is 339 g/mol. The third-order valence-electron chi connectivity index (χ3n) is 5.09. The van der Waals surface area contributed by atoms with Crippen LogP contribution in [0.15, 0.2) is 0 Å². The van der Waals surface area contributed by atoms with E-state index in [-0.39, 0.29) is 36.1 Å². The number of piperidine rings is 1. The maximum absolute atomic E-state index is 12.6. The smallest absolute Gasteiger partial charge is 0.410 e. The predicted molar refractivity (Wildman–Crippen MR) is 93.5 cm³/mol. The zero-order valence-electron chi connectivity index (χ0n) is 15.1. The molecule has 2 atom stereocenters. The molecule has 1 heterocycles. The number of carbonyl (C=O) groups is 2. The fraction of sp³-hybridized carbons (Fsp3) is 0.889. The average Bonchev–Trinajstić information content (AvgIpc) is 2.51. The highest BCUT2D eigenvalue weighted by Gasteiger charge is 2.30. The number of nitrogens with two attached hydrogens (primary N) is 1. The molecule has 2 unspecified atom stereocenters. The van der Waals surface area contributed by atoms with Gasteiger partial charge in [-0.05, 0) is 39.5 Å². The van der Waals surface area contributed by atoms with E-state index in [1.54, 1.807) is 4.90 Å². The molecule has 1 saturated carbocycles. The van der Waals surface area contributed by atoms with Crippen LogP contribution in [0.3, 0.4) is 0 Å². The molecule has 6 heteroatoms. The van der Waals surface area contributed by atoms with Gasteiger partial charge in [-0.3, -0.25) is 4.79 Å². The highest BCUT2D eigenvalue weighted by molar-refractivity contribution is 5.79. The topological polar surface area (TPSA) is 84.7 Å². The molecule has 2 amide bonds. The normalized spacial score (nSPS) is 26.6. The van der Waals surface area contributed by atoms with Crippen molar-refractivity contribution in [2.75, 3.05) is 13.1 Å². The van der Waals surface area contributed by atoms with Crippen LogP contribution in [0.4, 0.5) is 4.79 Å². The zero-order valence-corrected chi connectivity index (χ0v) is 15.1. The Labute approximate surface area is 145 Å². The fourth-order valence-electron chi connectivity index (χ4n) is 3.63. The Morgan fingerprint density at radius 1 is 1.04 bits per heavy atom. The molecule has 1 saturated heterocycles. The second-order valence-electron chi connectivity index (χ2n) is 7.46. The lowest BCUT2D eigenvalue weighted by Gasteiger charge is -2.33. The number of likely N-dealkylation sites (tertiary alicyclic amines) is 1. The van der Waals surface area contributed by atoms with Crippen LogP contribution < -0.4 is 11.1 Å². The van der Waals surface area contributed by atoms with Crippen molar-refractivity contribution >= 4 is 12.0 Å². The molecule has 3 N–H and O–H groups in total. The molecule has 6 nitrogen and oxygen atoms in total. The minimum atomic E-state index is -0.253. The van der Waals surface area contributed by atoms with E-state index < -0.39 is 0 Å². The molecule has 0 radical (unpaired) electrons. The van der Waals surface area contributed by atoms with Gasteiger partial charge in [-0.15, -0.1) is 0 Å². The SMILES string of the molecule is CC(C)OC(=O)N1CCC(NC(=O)C2CCCCCCC2N)CC1. The van der Waals surface area contributed by atoms with Gasteiger partial charge in [0.25, 0.3) is 0 Å². The number of ether oxygens (including phenoxy) is 1. The number of hydrogen-bond acceptors (Lipinski definition) is 4. The summed E-state index contributed by atoms with van der Waals surface area (Å²) in [6.07, 6.45) is 7.69. The van der Waals surface area contributed by atoms with Crippen molar-refractivity contribution in [1.82, 2.24) is 10.2 Å². The van der Waals surface area contributed by atoms with Gasteiger partial charge in [0.2, 0.25) is 5.91 Å². The number of nitrogens with zero attached hydrogens (tertiary/aromatic N) is 1. The lowest BCUT2D eigenvalue weighted by molar-refractivity contribution is -0.127. The third-order valence-corrected chi connectivity index (χ3v) is 5.09. The summed E-state index contributed by atoms with van der Waals surface area (Å²) in [6.45, 7) is 4.96. The van der Waals surface area contributed by atoms with Crippen molar-refractivity contribution in [3.63, 3.8) is 0 Å². The van der Waals surface area contributed by atoms with Gasteiger partial charge in [-0.2, -0.15) is 0 Å². The van der Waals surface area contributed by atoms with Crippen LogP contribution in [-0.2, 0) is 9.53 Å². The van der Waals surface area contributed by atoms with E-state index in [9.17, 15) is 9.59 Å². The minimum Gasteiger partial charge on any atom is -0.447 e. The highest BCUT2D eigenvalue weighted by atomic mass is 16.6. The second-order valence-corrected chi connectivity index (χ2v) is 7.46. The molecule has 0 aromatic heterocycles. The largest absolute Gasteiger partial charge is 0.447 e. The Morgan fingerprint density at radius 3 is 2.29 bits per heavy atom. The number of carbonyl (C=O) groups excluding carboxylic acids is 2. The summed E-state index contributed by atoms with van der Waals surface area (Å²) in [7, 11) is 0. The third kappa shape index (κ3) is 5.65. The van der Waals surface area contributed by atoms with Crippen LogP contribution in [0.2, 0.25) is 0 Å². The molecule has 138 valence electrons. The first-order chi connectivity index (χ1) is 11.5. The van der Waals surface area contributed by atoms with Gasteiger partial charge in [0.05, 0.1) is 12.0 Å². The van der Waals surface area contributed by atoms with Gasteiger partial charge in [-0.25, -0.2) is 4.79 Å². The van der Waals surface area contributed by atoms with Crippen LogP contribution in [0, 0.1) is 5.92 Å². The van der Waals surface area contributed by atoms with Crippen molar-refractivity contribution in [1.29, 1.82) is 0 Å². The first kappa shape index (κ1) is 19.0. The molecule has 0 aromatic carbocycles. The molecule has 1 aliphatic carbocycles. The van der Waals surface area contributed by atoms with E-state index in [4.69, 9.17) is 10.5 Å². The first-order valence-corrected chi connectivity index (χ1v) is 9.49. The lowest BCUT2D eigenvalue weighted by Crippen LogP contribution is -2.50. The molecule has 2 aliphatic rings. The van der Waals surface area contributed by atoms with E-state index in [0.717, 1.165) is 38.5 Å². The minimum absolute atomic E-state index is 0.0218. The summed E-state index contributed by atoms with van der Waals surface area (Å²) in [5, 5.41) is 3.17. The van der Waals surface area contributed by atoms with Gasteiger partial charge in [0.1, 0.15) is 0 Å². The Morgan fingerprint density at radius 2 is 1.67 bits per heavy atom. The van der Waals surface area contributed by atoms with Crippen molar-refractivity contribution in [2.24, 2.45) is 11.7 Å². The molecule has 1 aliphatic heterocycles. The number of rotatable bonds is 3. The van der Waals surface area contributed by atoms with Gasteiger partial charge < -0.3 is 20.7 Å². The maximum atomic E-state index is 12.6. The van der Waals surface area contributed by atoms with Crippen molar-refractivity contribution < 1.29 is 14.3 Å². The van der Waals surface area contributed by atoms with E-state index in [0.29, 0.717) is 13.1 Å². The lowest BCUT2D eigenvalue weighted by atomic mass is 9.86. The van der Waals surface area contributed by atoms with E-state index >= 15 is 0 Å². The molecule has 0 bridgehead atoms. The van der Waals surface area contributed by atoms with Crippen LogP contribution in [-0.4, -0.2) is 48.2 Å². The first-order valence-electron chi connectivity index (χ1n) is 9.49. The van der Waals surface area contributed by atoms with Gasteiger partial charge in [-0.1, -0.05) is 25.7 Å². The Bertz CT molecular complexity index is 420. The highest BCUT2D eigenvalue weighted by Crippen LogP contribution is 2.22. The summed E-state index contributed by atoms with van der Waals surface area (Å²) >= 11 is 0. The van der Waals surface area contributed by atoms with E-state index in [1.807, 2.05) is 13.8 Å².